The first-order valence-electron chi connectivity index (χ1n) is 7.40. The quantitative estimate of drug-likeness (QED) is 0.611. The van der Waals surface area contributed by atoms with Crippen LogP contribution in [0.15, 0.2) is 40.9 Å². The Balaban J connectivity index is 1.80. The number of carbonyl (C=O) groups excluding carboxylic acids is 1. The van der Waals surface area contributed by atoms with Gasteiger partial charge in [0.2, 0.25) is 0 Å². The molecule has 1 aliphatic heterocycles. The van der Waals surface area contributed by atoms with E-state index in [1.54, 1.807) is 0 Å². The fourth-order valence-electron chi connectivity index (χ4n) is 2.41. The molecule has 0 spiro atoms. The van der Waals surface area contributed by atoms with Gasteiger partial charge in [0.15, 0.2) is 0 Å². The molecular formula is C18H18BrNO3. The van der Waals surface area contributed by atoms with E-state index in [1.807, 2.05) is 57.2 Å². The highest BCUT2D eigenvalue weighted by Crippen LogP contribution is 2.40. The summed E-state index contributed by atoms with van der Waals surface area (Å²) in [5.74, 6) is 1.59. The van der Waals surface area contributed by atoms with Crippen LogP contribution in [0, 0.1) is 0 Å². The van der Waals surface area contributed by atoms with Gasteiger partial charge >= 0.3 is 6.09 Å². The molecule has 23 heavy (non-hydrogen) atoms. The molecule has 1 aliphatic rings. The number of nitrogens with one attached hydrogen (secondary N) is 1. The first-order valence-corrected chi connectivity index (χ1v) is 8.19. The molecule has 5 heteroatoms. The van der Waals surface area contributed by atoms with Gasteiger partial charge in [-0.3, -0.25) is 5.32 Å². The molecular weight excluding hydrogens is 358 g/mol. The van der Waals surface area contributed by atoms with Crippen molar-refractivity contribution in [2.24, 2.45) is 0 Å². The second-order valence-electron chi connectivity index (χ2n) is 6.44. The van der Waals surface area contributed by atoms with Crippen LogP contribution < -0.4 is 10.1 Å². The van der Waals surface area contributed by atoms with Crippen LogP contribution in [0.3, 0.4) is 0 Å². The number of ether oxygens (including phenoxy) is 2. The lowest BCUT2D eigenvalue weighted by Gasteiger charge is -2.22. The number of hydrogen-bond acceptors (Lipinski definition) is 3. The lowest BCUT2D eigenvalue weighted by atomic mass is 10.00. The fraction of sp³-hybridized carbons (Fsp3) is 0.278. The molecule has 3 rings (SSSR count). The van der Waals surface area contributed by atoms with Gasteiger partial charge in [-0.2, -0.15) is 0 Å². The van der Waals surface area contributed by atoms with Gasteiger partial charge in [-0.05, 0) is 44.5 Å². The van der Waals surface area contributed by atoms with Crippen LogP contribution in [0.25, 0.3) is 0 Å². The third kappa shape index (κ3) is 3.67. The van der Waals surface area contributed by atoms with Crippen molar-refractivity contribution in [3.8, 4) is 11.5 Å². The molecule has 0 saturated carbocycles. The summed E-state index contributed by atoms with van der Waals surface area (Å²) in [5, 5.41) is 2.73. The molecule has 0 aliphatic carbocycles. The molecule has 1 N–H and O–H groups in total. The summed E-state index contributed by atoms with van der Waals surface area (Å²) in [6.07, 6.45) is 0.315. The fourth-order valence-corrected chi connectivity index (χ4v) is 2.90. The molecule has 1 amide bonds. The summed E-state index contributed by atoms with van der Waals surface area (Å²) in [6, 6.07) is 11.5. The predicted octanol–water partition coefficient (Wildman–Crippen LogP) is 5.49. The zero-order valence-electron chi connectivity index (χ0n) is 13.3. The van der Waals surface area contributed by atoms with Gasteiger partial charge in [-0.15, -0.1) is 0 Å². The number of hydrogen-bond donors (Lipinski definition) is 1. The van der Waals surface area contributed by atoms with Crippen LogP contribution >= 0.6 is 15.9 Å². The van der Waals surface area contributed by atoms with Gasteiger partial charge in [0, 0.05) is 28.2 Å². The first-order chi connectivity index (χ1) is 10.8. The molecule has 4 nitrogen and oxygen atoms in total. The summed E-state index contributed by atoms with van der Waals surface area (Å²) >= 11 is 3.56. The second-order valence-corrected chi connectivity index (χ2v) is 7.30. The summed E-state index contributed by atoms with van der Waals surface area (Å²) < 4.78 is 12.3. The normalized spacial score (nSPS) is 12.7. The van der Waals surface area contributed by atoms with E-state index in [1.165, 1.54) is 0 Å². The number of benzene rings is 2. The molecule has 0 bridgehead atoms. The van der Waals surface area contributed by atoms with E-state index in [4.69, 9.17) is 9.47 Å². The van der Waals surface area contributed by atoms with Crippen LogP contribution in [-0.2, 0) is 11.2 Å². The molecule has 1 heterocycles. The number of rotatable bonds is 1. The summed E-state index contributed by atoms with van der Waals surface area (Å²) in [7, 11) is 0. The average Bonchev–Trinajstić information content (AvgIpc) is 2.44. The van der Waals surface area contributed by atoms with Crippen molar-refractivity contribution in [1.29, 1.82) is 0 Å². The SMILES string of the molecule is CC(C)(C)OC(=O)Nc1ccc2c(c1)Oc1cccc(Br)c1C2. The second kappa shape index (κ2) is 5.89. The number of carbonyl (C=O) groups is 1. The number of amides is 1. The smallest absolute Gasteiger partial charge is 0.412 e. The van der Waals surface area contributed by atoms with Crippen LogP contribution in [0.4, 0.5) is 10.5 Å². The van der Waals surface area contributed by atoms with Crippen molar-refractivity contribution >= 4 is 27.7 Å². The largest absolute Gasteiger partial charge is 0.457 e. The van der Waals surface area contributed by atoms with E-state index < -0.39 is 11.7 Å². The maximum Gasteiger partial charge on any atom is 0.412 e. The van der Waals surface area contributed by atoms with Gasteiger partial charge < -0.3 is 9.47 Å². The first kappa shape index (κ1) is 15.9. The highest BCUT2D eigenvalue weighted by Gasteiger charge is 2.20. The molecule has 2 aromatic carbocycles. The van der Waals surface area contributed by atoms with Gasteiger partial charge in [-0.1, -0.05) is 28.1 Å². The Hall–Kier alpha value is -2.01. The monoisotopic (exact) mass is 375 g/mol. The highest BCUT2D eigenvalue weighted by molar-refractivity contribution is 9.10. The van der Waals surface area contributed by atoms with Gasteiger partial charge in [0.1, 0.15) is 17.1 Å². The van der Waals surface area contributed by atoms with E-state index in [-0.39, 0.29) is 0 Å². The molecule has 0 radical (unpaired) electrons. The van der Waals surface area contributed by atoms with Crippen LogP contribution in [0.5, 0.6) is 11.5 Å². The van der Waals surface area contributed by atoms with Crippen LogP contribution in [0.2, 0.25) is 0 Å². The van der Waals surface area contributed by atoms with E-state index >= 15 is 0 Å². The zero-order chi connectivity index (χ0) is 16.6. The number of halogens is 1. The summed E-state index contributed by atoms with van der Waals surface area (Å²) in [5.41, 5.74) is 2.34. The maximum atomic E-state index is 11.9. The molecule has 0 atom stereocenters. The Labute approximate surface area is 143 Å². The van der Waals surface area contributed by atoms with Gasteiger partial charge in [0.05, 0.1) is 0 Å². The minimum absolute atomic E-state index is 0.476. The van der Waals surface area contributed by atoms with E-state index in [0.29, 0.717) is 5.69 Å². The third-order valence-electron chi connectivity index (χ3n) is 3.38. The Kier molecular flexibility index (Phi) is 4.06. The molecule has 0 unspecified atom stereocenters. The van der Waals surface area contributed by atoms with E-state index in [2.05, 4.69) is 21.2 Å². The van der Waals surface area contributed by atoms with Gasteiger partial charge in [0.25, 0.3) is 0 Å². The zero-order valence-corrected chi connectivity index (χ0v) is 14.9. The standard InChI is InChI=1S/C18H18BrNO3/c1-18(2,3)23-17(21)20-12-8-7-11-9-13-14(19)5-4-6-15(13)22-16(11)10-12/h4-8,10H,9H2,1-3H3,(H,20,21). The van der Waals surface area contributed by atoms with Crippen molar-refractivity contribution in [1.82, 2.24) is 0 Å². The van der Waals surface area contributed by atoms with Crippen molar-refractivity contribution in [3.05, 3.63) is 52.0 Å². The Morgan fingerprint density at radius 1 is 1.22 bits per heavy atom. The molecule has 2 aromatic rings. The Morgan fingerprint density at radius 3 is 2.74 bits per heavy atom. The van der Waals surface area contributed by atoms with Crippen LogP contribution in [0.1, 0.15) is 31.9 Å². The molecule has 0 aromatic heterocycles. The average molecular weight is 376 g/mol. The predicted molar refractivity (Wildman–Crippen MR) is 93.3 cm³/mol. The van der Waals surface area contributed by atoms with Crippen molar-refractivity contribution in [3.63, 3.8) is 0 Å². The third-order valence-corrected chi connectivity index (χ3v) is 4.12. The number of fused-ring (bicyclic) bond motifs is 2. The molecule has 120 valence electrons. The lowest BCUT2D eigenvalue weighted by Crippen LogP contribution is -2.27. The van der Waals surface area contributed by atoms with Crippen LogP contribution in [-0.4, -0.2) is 11.7 Å². The van der Waals surface area contributed by atoms with E-state index in [9.17, 15) is 4.79 Å². The Bertz CT molecular complexity index is 765. The van der Waals surface area contributed by atoms with Crippen molar-refractivity contribution in [2.75, 3.05) is 5.32 Å². The van der Waals surface area contributed by atoms with Gasteiger partial charge in [-0.25, -0.2) is 4.79 Å². The van der Waals surface area contributed by atoms with Crippen molar-refractivity contribution in [2.45, 2.75) is 32.8 Å². The topological polar surface area (TPSA) is 47.6 Å². The Morgan fingerprint density at radius 2 is 2.00 bits per heavy atom. The number of anilines is 1. The lowest BCUT2D eigenvalue weighted by molar-refractivity contribution is 0.0636. The summed E-state index contributed by atoms with van der Waals surface area (Å²) in [6.45, 7) is 5.49. The molecule has 0 fully saturated rings. The summed E-state index contributed by atoms with van der Waals surface area (Å²) in [4.78, 5) is 11.9. The minimum Gasteiger partial charge on any atom is -0.457 e. The minimum atomic E-state index is -0.528. The van der Waals surface area contributed by atoms with Crippen molar-refractivity contribution < 1.29 is 14.3 Å². The molecule has 0 saturated heterocycles. The highest BCUT2D eigenvalue weighted by atomic mass is 79.9. The van der Waals surface area contributed by atoms with E-state index in [0.717, 1.165) is 33.5 Å². The maximum absolute atomic E-state index is 11.9.